The summed E-state index contributed by atoms with van der Waals surface area (Å²) in [4.78, 5) is 42.0. The average Bonchev–Trinajstić information content (AvgIpc) is 2.74. The minimum absolute atomic E-state index is 0.0792. The number of hydrogen-bond donors (Lipinski definition) is 1. The second-order valence-corrected chi connectivity index (χ2v) is 7.82. The molecule has 0 atom stereocenters. The van der Waals surface area contributed by atoms with E-state index in [4.69, 9.17) is 4.74 Å². The SMILES string of the molecule is COCc1cnc2c(c1SCC(=O)Nc1ccccc1C(F)(F)F)c(=O)n(C)c(=O)n2C. The first-order valence-electron chi connectivity index (χ1n) is 9.21. The van der Waals surface area contributed by atoms with E-state index in [0.29, 0.717) is 10.5 Å². The topological polar surface area (TPSA) is 95.2 Å². The van der Waals surface area contributed by atoms with Crippen molar-refractivity contribution < 1.29 is 22.7 Å². The molecule has 0 radical (unpaired) electrons. The second kappa shape index (κ2) is 9.17. The van der Waals surface area contributed by atoms with E-state index < -0.39 is 28.9 Å². The summed E-state index contributed by atoms with van der Waals surface area (Å²) in [5, 5.41) is 2.39. The zero-order valence-corrected chi connectivity index (χ0v) is 18.1. The van der Waals surface area contributed by atoms with E-state index in [1.165, 1.54) is 44.1 Å². The Morgan fingerprint density at radius 2 is 1.88 bits per heavy atom. The third-order valence-electron chi connectivity index (χ3n) is 4.65. The van der Waals surface area contributed by atoms with E-state index in [2.05, 4.69) is 10.3 Å². The lowest BCUT2D eigenvalue weighted by atomic mass is 10.1. The molecule has 3 rings (SSSR count). The summed E-state index contributed by atoms with van der Waals surface area (Å²) in [6.45, 7) is 0.0792. The van der Waals surface area contributed by atoms with Gasteiger partial charge in [0.1, 0.15) is 5.65 Å². The number of methoxy groups -OCH3 is 1. The van der Waals surface area contributed by atoms with Crippen LogP contribution in [-0.2, 0) is 36.4 Å². The van der Waals surface area contributed by atoms with Crippen LogP contribution >= 0.6 is 11.8 Å². The molecule has 0 aliphatic carbocycles. The highest BCUT2D eigenvalue weighted by Gasteiger charge is 2.33. The normalized spacial score (nSPS) is 11.7. The Bertz CT molecular complexity index is 1300. The van der Waals surface area contributed by atoms with Crippen LogP contribution < -0.4 is 16.6 Å². The summed E-state index contributed by atoms with van der Waals surface area (Å²) in [5.41, 5.74) is -1.85. The molecule has 2 heterocycles. The summed E-state index contributed by atoms with van der Waals surface area (Å²) in [6, 6.07) is 4.65. The molecule has 0 saturated heterocycles. The van der Waals surface area contributed by atoms with Gasteiger partial charge in [0.05, 0.1) is 29.0 Å². The van der Waals surface area contributed by atoms with Crippen LogP contribution in [0.4, 0.5) is 18.9 Å². The Kier molecular flexibility index (Phi) is 6.74. The number of amides is 1. The summed E-state index contributed by atoms with van der Waals surface area (Å²) in [7, 11) is 4.23. The van der Waals surface area contributed by atoms with Crippen molar-refractivity contribution >= 4 is 34.4 Å². The molecule has 0 spiro atoms. The molecule has 0 fully saturated rings. The number of halogens is 3. The molecule has 170 valence electrons. The molecule has 0 aliphatic rings. The highest BCUT2D eigenvalue weighted by atomic mass is 32.2. The van der Waals surface area contributed by atoms with Crippen LogP contribution in [0.2, 0.25) is 0 Å². The predicted molar refractivity (Wildman–Crippen MR) is 114 cm³/mol. The van der Waals surface area contributed by atoms with Gasteiger partial charge in [-0.25, -0.2) is 9.78 Å². The number of hydrogen-bond acceptors (Lipinski definition) is 6. The molecule has 1 aromatic carbocycles. The van der Waals surface area contributed by atoms with Crippen molar-refractivity contribution in [2.45, 2.75) is 17.7 Å². The molecule has 12 heteroatoms. The molecule has 0 aliphatic heterocycles. The van der Waals surface area contributed by atoms with E-state index >= 15 is 0 Å². The van der Waals surface area contributed by atoms with Crippen LogP contribution in [0.25, 0.3) is 11.0 Å². The fraction of sp³-hybridized carbons (Fsp3) is 0.300. The highest BCUT2D eigenvalue weighted by Crippen LogP contribution is 2.35. The number of thioether (sulfide) groups is 1. The summed E-state index contributed by atoms with van der Waals surface area (Å²) in [6.07, 6.45) is -3.19. The number of nitrogens with zero attached hydrogens (tertiary/aromatic N) is 3. The Balaban J connectivity index is 1.97. The average molecular weight is 468 g/mol. The Morgan fingerprint density at radius 3 is 2.53 bits per heavy atom. The van der Waals surface area contributed by atoms with E-state index in [1.807, 2.05) is 0 Å². The maximum Gasteiger partial charge on any atom is 0.418 e. The minimum atomic E-state index is -4.62. The second-order valence-electron chi connectivity index (χ2n) is 6.83. The largest absolute Gasteiger partial charge is 0.418 e. The third-order valence-corrected chi connectivity index (χ3v) is 5.81. The molecule has 0 bridgehead atoms. The molecule has 1 amide bonds. The minimum Gasteiger partial charge on any atom is -0.380 e. The van der Waals surface area contributed by atoms with Crippen molar-refractivity contribution in [1.29, 1.82) is 0 Å². The maximum atomic E-state index is 13.2. The number of para-hydroxylation sites is 1. The standard InChI is InChI=1S/C20H19F3N4O4S/c1-26-17-15(18(29)27(2)19(26)30)16(11(8-24-17)9-31-3)32-10-14(28)25-13-7-5-4-6-12(13)20(21,22)23/h4-8H,9-10H2,1-3H3,(H,25,28). The van der Waals surface area contributed by atoms with Crippen molar-refractivity contribution in [1.82, 2.24) is 14.1 Å². The van der Waals surface area contributed by atoms with Gasteiger partial charge in [-0.05, 0) is 12.1 Å². The van der Waals surface area contributed by atoms with E-state index in [-0.39, 0.29) is 29.1 Å². The number of anilines is 1. The maximum absolute atomic E-state index is 13.2. The fourth-order valence-electron chi connectivity index (χ4n) is 3.13. The molecular weight excluding hydrogens is 449 g/mol. The lowest BCUT2D eigenvalue weighted by Crippen LogP contribution is -2.37. The van der Waals surface area contributed by atoms with Crippen molar-refractivity contribution in [3.63, 3.8) is 0 Å². The third kappa shape index (κ3) is 4.55. The zero-order chi connectivity index (χ0) is 23.6. The van der Waals surface area contributed by atoms with Gasteiger partial charge in [0.25, 0.3) is 5.56 Å². The summed E-state index contributed by atoms with van der Waals surface area (Å²) in [5.74, 6) is -0.977. The number of alkyl halides is 3. The number of carbonyl (C=O) groups excluding carboxylic acids is 1. The van der Waals surface area contributed by atoms with E-state index in [1.54, 1.807) is 0 Å². The Hall–Kier alpha value is -3.12. The summed E-state index contributed by atoms with van der Waals surface area (Å²) < 4.78 is 46.8. The lowest BCUT2D eigenvalue weighted by Gasteiger charge is -2.15. The number of nitrogens with one attached hydrogen (secondary N) is 1. The monoisotopic (exact) mass is 468 g/mol. The molecule has 1 N–H and O–H groups in total. The number of fused-ring (bicyclic) bond motifs is 1. The number of benzene rings is 1. The Morgan fingerprint density at radius 1 is 1.19 bits per heavy atom. The molecule has 0 saturated carbocycles. The van der Waals surface area contributed by atoms with Crippen LogP contribution in [0.15, 0.2) is 44.9 Å². The van der Waals surface area contributed by atoms with E-state index in [9.17, 15) is 27.6 Å². The van der Waals surface area contributed by atoms with Gasteiger partial charge in [-0.1, -0.05) is 12.1 Å². The van der Waals surface area contributed by atoms with Crippen molar-refractivity contribution in [3.05, 3.63) is 62.4 Å². The number of aryl methyl sites for hydroxylation is 1. The molecule has 2 aromatic heterocycles. The van der Waals surface area contributed by atoms with Crippen LogP contribution in [0.5, 0.6) is 0 Å². The van der Waals surface area contributed by atoms with Crippen LogP contribution in [0, 0.1) is 0 Å². The molecule has 0 unspecified atom stereocenters. The first-order valence-corrected chi connectivity index (χ1v) is 10.2. The zero-order valence-electron chi connectivity index (χ0n) is 17.3. The van der Waals surface area contributed by atoms with Crippen molar-refractivity contribution in [2.75, 3.05) is 18.2 Å². The quantitative estimate of drug-likeness (QED) is 0.559. The van der Waals surface area contributed by atoms with Crippen molar-refractivity contribution in [2.24, 2.45) is 14.1 Å². The van der Waals surface area contributed by atoms with Gasteiger partial charge in [-0.2, -0.15) is 13.2 Å². The first-order chi connectivity index (χ1) is 15.1. The van der Waals surface area contributed by atoms with Gasteiger partial charge in [-0.3, -0.25) is 18.7 Å². The van der Waals surface area contributed by atoms with Gasteiger partial charge < -0.3 is 10.1 Å². The number of carbonyl (C=O) groups is 1. The molecule has 8 nitrogen and oxygen atoms in total. The van der Waals surface area contributed by atoms with Crippen LogP contribution in [0.3, 0.4) is 0 Å². The van der Waals surface area contributed by atoms with Gasteiger partial charge in [0.15, 0.2) is 0 Å². The van der Waals surface area contributed by atoms with Gasteiger partial charge >= 0.3 is 11.9 Å². The van der Waals surface area contributed by atoms with Gasteiger partial charge in [-0.15, -0.1) is 11.8 Å². The predicted octanol–water partition coefficient (Wildman–Crippen LogP) is 2.53. The fourth-order valence-corrected chi connectivity index (χ4v) is 4.10. The Labute approximate surface area is 184 Å². The number of pyridine rings is 1. The molecular formula is C20H19F3N4O4S. The van der Waals surface area contributed by atoms with Gasteiger partial charge in [0, 0.05) is 37.9 Å². The number of rotatable bonds is 6. The summed E-state index contributed by atoms with van der Waals surface area (Å²) >= 11 is 0.953. The first kappa shape index (κ1) is 23.5. The number of aromatic nitrogens is 3. The molecule has 3 aromatic rings. The molecule has 32 heavy (non-hydrogen) atoms. The smallest absolute Gasteiger partial charge is 0.380 e. The van der Waals surface area contributed by atoms with Crippen LogP contribution in [0.1, 0.15) is 11.1 Å². The highest BCUT2D eigenvalue weighted by molar-refractivity contribution is 8.00. The van der Waals surface area contributed by atoms with E-state index in [0.717, 1.165) is 28.5 Å². The van der Waals surface area contributed by atoms with Crippen LogP contribution in [-0.4, -0.2) is 32.9 Å². The number of ether oxygens (including phenoxy) is 1. The van der Waals surface area contributed by atoms with Crippen molar-refractivity contribution in [3.8, 4) is 0 Å². The lowest BCUT2D eigenvalue weighted by molar-refractivity contribution is -0.137. The van der Waals surface area contributed by atoms with Gasteiger partial charge in [0.2, 0.25) is 5.91 Å².